The van der Waals surface area contributed by atoms with E-state index in [2.05, 4.69) is 29.8 Å². The van der Waals surface area contributed by atoms with Crippen molar-refractivity contribution in [1.29, 1.82) is 0 Å². The van der Waals surface area contributed by atoms with Gasteiger partial charge < -0.3 is 0 Å². The van der Waals surface area contributed by atoms with Crippen molar-refractivity contribution in [2.75, 3.05) is 0 Å². The molecule has 3 heteroatoms. The summed E-state index contributed by atoms with van der Waals surface area (Å²) in [6.45, 7) is 4.65. The molecule has 3 heterocycles. The van der Waals surface area contributed by atoms with E-state index < -0.39 is 0 Å². The van der Waals surface area contributed by atoms with Gasteiger partial charge in [-0.3, -0.25) is 4.90 Å². The Kier molecular flexibility index (Phi) is 3.33. The van der Waals surface area contributed by atoms with E-state index in [4.69, 9.17) is 11.6 Å². The van der Waals surface area contributed by atoms with Crippen molar-refractivity contribution in [2.45, 2.75) is 63.6 Å². The number of aromatic nitrogens is 1. The van der Waals surface area contributed by atoms with Gasteiger partial charge in [0.25, 0.3) is 0 Å². The molecule has 2 fully saturated rings. The van der Waals surface area contributed by atoms with Crippen LogP contribution in [0.2, 0.25) is 5.15 Å². The number of fused-ring (bicyclic) bond motifs is 2. The summed E-state index contributed by atoms with van der Waals surface area (Å²) in [4.78, 5) is 6.99. The lowest BCUT2D eigenvalue weighted by atomic mass is 9.91. The highest BCUT2D eigenvalue weighted by molar-refractivity contribution is 6.29. The molecule has 0 amide bonds. The molecule has 0 aliphatic carbocycles. The van der Waals surface area contributed by atoms with Gasteiger partial charge in [0.05, 0.1) is 0 Å². The minimum absolute atomic E-state index is 0.598. The smallest absolute Gasteiger partial charge is 0.129 e. The first-order valence-electron chi connectivity index (χ1n) is 7.05. The normalized spacial score (nSPS) is 32.1. The minimum atomic E-state index is 0.598. The van der Waals surface area contributed by atoms with Gasteiger partial charge in [-0.2, -0.15) is 0 Å². The summed E-state index contributed by atoms with van der Waals surface area (Å²) >= 11 is 5.89. The number of rotatable bonds is 2. The summed E-state index contributed by atoms with van der Waals surface area (Å²) in [6, 6.07) is 6.25. The Hall–Kier alpha value is -0.600. The molecule has 98 valence electrons. The van der Waals surface area contributed by atoms with Crippen LogP contribution in [-0.2, 0) is 0 Å². The van der Waals surface area contributed by atoms with E-state index in [-0.39, 0.29) is 0 Å². The van der Waals surface area contributed by atoms with Crippen LogP contribution in [0, 0.1) is 0 Å². The van der Waals surface area contributed by atoms with Crippen molar-refractivity contribution in [1.82, 2.24) is 9.88 Å². The Morgan fingerprint density at radius 2 is 2.17 bits per heavy atom. The maximum Gasteiger partial charge on any atom is 0.129 e. The topological polar surface area (TPSA) is 16.1 Å². The molecule has 2 aliphatic rings. The standard InChI is InChI=1S/C15H21ClN2/c1-10(2)18-12-4-3-5-14(18)13(8-12)11-6-7-15(16)17-9-11/h6-7,9-10,12-14H,3-5,8H2,1-2H3/t12-,13?,14+/m1/s1. The molecule has 0 aromatic carbocycles. The number of hydrogen-bond acceptors (Lipinski definition) is 2. The van der Waals surface area contributed by atoms with Crippen LogP contribution >= 0.6 is 11.6 Å². The first kappa shape index (κ1) is 12.4. The van der Waals surface area contributed by atoms with Crippen LogP contribution < -0.4 is 0 Å². The fraction of sp³-hybridized carbons (Fsp3) is 0.667. The SMILES string of the molecule is CC(C)N1[C@@H]2CCC[C@H]1C(c1ccc(Cl)nc1)C2. The first-order chi connectivity index (χ1) is 8.66. The lowest BCUT2D eigenvalue weighted by Gasteiger charge is -2.38. The van der Waals surface area contributed by atoms with Gasteiger partial charge >= 0.3 is 0 Å². The van der Waals surface area contributed by atoms with E-state index in [1.54, 1.807) is 0 Å². The minimum Gasteiger partial charge on any atom is -0.294 e. The summed E-state index contributed by atoms with van der Waals surface area (Å²) in [5.41, 5.74) is 1.37. The van der Waals surface area contributed by atoms with E-state index in [9.17, 15) is 0 Å². The van der Waals surface area contributed by atoms with Crippen LogP contribution in [0.15, 0.2) is 18.3 Å². The molecular formula is C15H21ClN2. The summed E-state index contributed by atoms with van der Waals surface area (Å²) in [6.07, 6.45) is 7.36. The van der Waals surface area contributed by atoms with Gasteiger partial charge in [0.15, 0.2) is 0 Å². The van der Waals surface area contributed by atoms with Crippen LogP contribution in [0.4, 0.5) is 0 Å². The van der Waals surface area contributed by atoms with E-state index >= 15 is 0 Å². The van der Waals surface area contributed by atoms with E-state index in [0.717, 1.165) is 6.04 Å². The van der Waals surface area contributed by atoms with Gasteiger partial charge in [-0.15, -0.1) is 0 Å². The molecule has 1 unspecified atom stereocenters. The Morgan fingerprint density at radius 1 is 1.33 bits per heavy atom. The second kappa shape index (κ2) is 4.82. The molecule has 1 aromatic heterocycles. The fourth-order valence-corrected chi connectivity index (χ4v) is 4.11. The lowest BCUT2D eigenvalue weighted by Crippen LogP contribution is -2.44. The summed E-state index contributed by atoms with van der Waals surface area (Å²) in [7, 11) is 0. The molecule has 18 heavy (non-hydrogen) atoms. The number of pyridine rings is 1. The van der Waals surface area contributed by atoms with Crippen molar-refractivity contribution in [3.63, 3.8) is 0 Å². The third-order valence-corrected chi connectivity index (χ3v) is 4.83. The van der Waals surface area contributed by atoms with Gasteiger partial charge in [0.1, 0.15) is 5.15 Å². The van der Waals surface area contributed by atoms with Crippen molar-refractivity contribution in [2.24, 2.45) is 0 Å². The summed E-state index contributed by atoms with van der Waals surface area (Å²) < 4.78 is 0. The van der Waals surface area contributed by atoms with Gasteiger partial charge in [0, 0.05) is 30.2 Å². The fourth-order valence-electron chi connectivity index (χ4n) is 4.00. The zero-order chi connectivity index (χ0) is 12.7. The van der Waals surface area contributed by atoms with Crippen LogP contribution in [0.3, 0.4) is 0 Å². The average Bonchev–Trinajstić information content (AvgIpc) is 2.58. The molecule has 3 rings (SSSR count). The summed E-state index contributed by atoms with van der Waals surface area (Å²) in [5.74, 6) is 0.657. The highest BCUT2D eigenvalue weighted by Crippen LogP contribution is 2.45. The monoisotopic (exact) mass is 264 g/mol. The molecule has 2 nitrogen and oxygen atoms in total. The summed E-state index contributed by atoms with van der Waals surface area (Å²) in [5, 5.41) is 0.598. The van der Waals surface area contributed by atoms with Crippen molar-refractivity contribution >= 4 is 11.6 Å². The molecule has 0 saturated carbocycles. The average molecular weight is 265 g/mol. The molecule has 2 bridgehead atoms. The Balaban J connectivity index is 1.88. The number of nitrogens with zero attached hydrogens (tertiary/aromatic N) is 2. The molecule has 3 atom stereocenters. The van der Waals surface area contributed by atoms with Crippen LogP contribution in [-0.4, -0.2) is 28.0 Å². The second-order valence-electron chi connectivity index (χ2n) is 5.95. The van der Waals surface area contributed by atoms with Crippen LogP contribution in [0.5, 0.6) is 0 Å². The third-order valence-electron chi connectivity index (χ3n) is 4.61. The van der Waals surface area contributed by atoms with Gasteiger partial charge in [-0.05, 0) is 44.7 Å². The van der Waals surface area contributed by atoms with Crippen molar-refractivity contribution < 1.29 is 0 Å². The molecule has 0 N–H and O–H groups in total. The largest absolute Gasteiger partial charge is 0.294 e. The first-order valence-corrected chi connectivity index (χ1v) is 7.43. The van der Waals surface area contributed by atoms with Crippen molar-refractivity contribution in [3.05, 3.63) is 29.0 Å². The van der Waals surface area contributed by atoms with Gasteiger partial charge in [-0.1, -0.05) is 24.1 Å². The Morgan fingerprint density at radius 3 is 2.78 bits per heavy atom. The lowest BCUT2D eigenvalue weighted by molar-refractivity contribution is 0.100. The molecule has 2 saturated heterocycles. The number of hydrogen-bond donors (Lipinski definition) is 0. The second-order valence-corrected chi connectivity index (χ2v) is 6.34. The van der Waals surface area contributed by atoms with E-state index in [1.165, 1.54) is 31.2 Å². The number of piperidine rings is 1. The maximum absolute atomic E-state index is 5.89. The van der Waals surface area contributed by atoms with E-state index in [1.807, 2.05) is 12.3 Å². The predicted molar refractivity (Wildman–Crippen MR) is 75.0 cm³/mol. The molecule has 2 aliphatic heterocycles. The molecule has 0 radical (unpaired) electrons. The van der Waals surface area contributed by atoms with Gasteiger partial charge in [-0.25, -0.2) is 4.98 Å². The third kappa shape index (κ3) is 2.06. The Bertz CT molecular complexity index is 415. The Labute approximate surface area is 114 Å². The molecular weight excluding hydrogens is 244 g/mol. The maximum atomic E-state index is 5.89. The zero-order valence-electron chi connectivity index (χ0n) is 11.1. The van der Waals surface area contributed by atoms with Gasteiger partial charge in [0.2, 0.25) is 0 Å². The van der Waals surface area contributed by atoms with Crippen molar-refractivity contribution in [3.8, 4) is 0 Å². The highest BCUT2D eigenvalue weighted by Gasteiger charge is 2.44. The van der Waals surface area contributed by atoms with Crippen LogP contribution in [0.25, 0.3) is 0 Å². The quantitative estimate of drug-likeness (QED) is 0.755. The molecule has 0 spiro atoms. The number of halogens is 1. The highest BCUT2D eigenvalue weighted by atomic mass is 35.5. The van der Waals surface area contributed by atoms with E-state index in [0.29, 0.717) is 23.2 Å². The molecule has 1 aromatic rings. The zero-order valence-corrected chi connectivity index (χ0v) is 11.9. The van der Waals surface area contributed by atoms with Crippen LogP contribution in [0.1, 0.15) is 51.0 Å². The predicted octanol–water partition coefficient (Wildman–Crippen LogP) is 3.85.